The Labute approximate surface area is 143 Å². The van der Waals surface area contributed by atoms with Crippen LogP contribution >= 0.6 is 43.5 Å². The summed E-state index contributed by atoms with van der Waals surface area (Å²) in [6, 6.07) is 11.4. The molecule has 3 nitrogen and oxygen atoms in total. The van der Waals surface area contributed by atoms with Gasteiger partial charge in [0.05, 0.1) is 28.8 Å². The molecule has 1 heterocycles. The zero-order valence-electron chi connectivity index (χ0n) is 10.7. The van der Waals surface area contributed by atoms with Crippen molar-refractivity contribution >= 4 is 71.4 Å². The van der Waals surface area contributed by atoms with Gasteiger partial charge in [-0.05, 0) is 52.3 Å². The van der Waals surface area contributed by atoms with Crippen LogP contribution in [0.15, 0.2) is 51.5 Å². The van der Waals surface area contributed by atoms with Crippen molar-refractivity contribution in [2.75, 3.05) is 11.1 Å². The number of hydrogen-bond acceptors (Lipinski definition) is 3. The summed E-state index contributed by atoms with van der Waals surface area (Å²) in [5.41, 5.74) is 9.19. The molecule has 0 radical (unpaired) electrons. The predicted molar refractivity (Wildman–Crippen MR) is 96.3 cm³/mol. The van der Waals surface area contributed by atoms with E-state index >= 15 is 0 Å². The fourth-order valence-electron chi connectivity index (χ4n) is 2.05. The molecular formula is C15H10Br2ClN3. The number of anilines is 3. The third-order valence-electron chi connectivity index (χ3n) is 3.05. The van der Waals surface area contributed by atoms with E-state index in [-0.39, 0.29) is 0 Å². The highest BCUT2D eigenvalue weighted by Gasteiger charge is 2.10. The lowest BCUT2D eigenvalue weighted by Crippen LogP contribution is -1.99. The van der Waals surface area contributed by atoms with Gasteiger partial charge in [-0.25, -0.2) is 0 Å². The molecule has 0 bridgehead atoms. The number of pyridine rings is 1. The molecular weight excluding hydrogens is 417 g/mol. The lowest BCUT2D eigenvalue weighted by molar-refractivity contribution is 1.40. The first-order valence-electron chi connectivity index (χ1n) is 6.10. The second-order valence-electron chi connectivity index (χ2n) is 4.50. The molecule has 0 aliphatic rings. The lowest BCUT2D eigenvalue weighted by atomic mass is 10.1. The summed E-state index contributed by atoms with van der Waals surface area (Å²) >= 11 is 13.0. The summed E-state index contributed by atoms with van der Waals surface area (Å²) in [7, 11) is 0. The molecule has 3 N–H and O–H groups in total. The van der Waals surface area contributed by atoms with Crippen LogP contribution in [0.5, 0.6) is 0 Å². The Balaban J connectivity index is 2.17. The minimum absolute atomic E-state index is 0.576. The Hall–Kier alpha value is -1.30. The molecule has 106 valence electrons. The van der Waals surface area contributed by atoms with Gasteiger partial charge >= 0.3 is 0 Å². The number of benzene rings is 2. The maximum Gasteiger partial charge on any atom is 0.0746 e. The number of nitrogens with one attached hydrogen (secondary N) is 1. The van der Waals surface area contributed by atoms with E-state index in [1.165, 1.54) is 0 Å². The third-order valence-corrected chi connectivity index (χ3v) is 4.47. The Morgan fingerprint density at radius 3 is 2.71 bits per heavy atom. The molecule has 0 aliphatic carbocycles. The highest BCUT2D eigenvalue weighted by Crippen LogP contribution is 2.35. The van der Waals surface area contributed by atoms with Crippen molar-refractivity contribution in [2.45, 2.75) is 0 Å². The van der Waals surface area contributed by atoms with Crippen LogP contribution in [0.2, 0.25) is 5.02 Å². The molecule has 3 aromatic rings. The van der Waals surface area contributed by atoms with Gasteiger partial charge in [0.2, 0.25) is 0 Å². The van der Waals surface area contributed by atoms with Crippen molar-refractivity contribution in [1.29, 1.82) is 0 Å². The Morgan fingerprint density at radius 2 is 1.90 bits per heavy atom. The van der Waals surface area contributed by atoms with Crippen LogP contribution in [0.25, 0.3) is 10.9 Å². The first-order valence-corrected chi connectivity index (χ1v) is 8.07. The molecule has 3 rings (SSSR count). The second kappa shape index (κ2) is 5.83. The van der Waals surface area contributed by atoms with E-state index in [2.05, 4.69) is 42.2 Å². The summed E-state index contributed by atoms with van der Waals surface area (Å²) in [5, 5.41) is 4.93. The van der Waals surface area contributed by atoms with Gasteiger partial charge in [0.15, 0.2) is 0 Å². The molecule has 21 heavy (non-hydrogen) atoms. The highest BCUT2D eigenvalue weighted by atomic mass is 79.9. The summed E-state index contributed by atoms with van der Waals surface area (Å²) in [4.78, 5) is 4.34. The van der Waals surface area contributed by atoms with Gasteiger partial charge in [0.25, 0.3) is 0 Å². The SMILES string of the molecule is Nc1cnc2ccc(Br)cc2c1Nc1cc(Cl)ccc1Br. The van der Waals surface area contributed by atoms with Gasteiger partial charge in [-0.3, -0.25) is 4.98 Å². The quantitative estimate of drug-likeness (QED) is 0.548. The lowest BCUT2D eigenvalue weighted by Gasteiger charge is -2.14. The molecule has 0 spiro atoms. The molecule has 0 saturated heterocycles. The van der Waals surface area contributed by atoms with Gasteiger partial charge < -0.3 is 11.1 Å². The monoisotopic (exact) mass is 425 g/mol. The van der Waals surface area contributed by atoms with Crippen molar-refractivity contribution < 1.29 is 0 Å². The maximum atomic E-state index is 6.08. The van der Waals surface area contributed by atoms with Crippen LogP contribution in [0.1, 0.15) is 0 Å². The predicted octanol–water partition coefficient (Wildman–Crippen LogP) is 5.74. The number of nitrogens with zero attached hydrogens (tertiary/aromatic N) is 1. The first-order chi connectivity index (χ1) is 10.0. The molecule has 0 fully saturated rings. The van der Waals surface area contributed by atoms with Crippen LogP contribution in [0.3, 0.4) is 0 Å². The minimum atomic E-state index is 0.576. The van der Waals surface area contributed by atoms with Gasteiger partial charge in [-0.1, -0.05) is 27.5 Å². The number of hydrogen-bond donors (Lipinski definition) is 2. The maximum absolute atomic E-state index is 6.08. The van der Waals surface area contributed by atoms with Gasteiger partial charge in [-0.2, -0.15) is 0 Å². The summed E-state index contributed by atoms with van der Waals surface area (Å²) in [6.07, 6.45) is 1.65. The van der Waals surface area contributed by atoms with E-state index in [0.29, 0.717) is 10.7 Å². The van der Waals surface area contributed by atoms with E-state index in [4.69, 9.17) is 17.3 Å². The highest BCUT2D eigenvalue weighted by molar-refractivity contribution is 9.10. The average molecular weight is 428 g/mol. The van der Waals surface area contributed by atoms with Gasteiger partial charge in [-0.15, -0.1) is 0 Å². The molecule has 1 aromatic heterocycles. The molecule has 0 aliphatic heterocycles. The largest absolute Gasteiger partial charge is 0.396 e. The van der Waals surface area contributed by atoms with E-state index in [1.54, 1.807) is 6.20 Å². The normalized spacial score (nSPS) is 10.8. The molecule has 0 atom stereocenters. The third kappa shape index (κ3) is 3.00. The number of nitrogen functional groups attached to an aromatic ring is 1. The molecule has 0 amide bonds. The summed E-state index contributed by atoms with van der Waals surface area (Å²) in [5.74, 6) is 0. The Morgan fingerprint density at radius 1 is 1.10 bits per heavy atom. The first kappa shape index (κ1) is 14.6. The zero-order valence-corrected chi connectivity index (χ0v) is 14.6. The number of halogens is 3. The second-order valence-corrected chi connectivity index (χ2v) is 6.71. The van der Waals surface area contributed by atoms with Crippen LogP contribution < -0.4 is 11.1 Å². The number of aromatic nitrogens is 1. The number of fused-ring (bicyclic) bond motifs is 1. The van der Waals surface area contributed by atoms with E-state index < -0.39 is 0 Å². The molecule has 0 unspecified atom stereocenters. The summed E-state index contributed by atoms with van der Waals surface area (Å²) < 4.78 is 1.88. The van der Waals surface area contributed by atoms with Crippen LogP contribution in [-0.4, -0.2) is 4.98 Å². The fourth-order valence-corrected chi connectivity index (χ4v) is 2.93. The topological polar surface area (TPSA) is 50.9 Å². The average Bonchev–Trinajstić information content (AvgIpc) is 2.46. The van der Waals surface area contributed by atoms with Crippen molar-refractivity contribution in [3.05, 3.63) is 56.6 Å². The zero-order chi connectivity index (χ0) is 15.0. The van der Waals surface area contributed by atoms with Crippen molar-refractivity contribution in [3.8, 4) is 0 Å². The molecule has 2 aromatic carbocycles. The molecule has 6 heteroatoms. The van der Waals surface area contributed by atoms with Crippen molar-refractivity contribution in [1.82, 2.24) is 4.98 Å². The van der Waals surface area contributed by atoms with Crippen molar-refractivity contribution in [3.63, 3.8) is 0 Å². The molecule has 0 saturated carbocycles. The van der Waals surface area contributed by atoms with Gasteiger partial charge in [0, 0.05) is 19.4 Å². The van der Waals surface area contributed by atoms with Gasteiger partial charge in [0.1, 0.15) is 0 Å². The smallest absolute Gasteiger partial charge is 0.0746 e. The van der Waals surface area contributed by atoms with Crippen LogP contribution in [-0.2, 0) is 0 Å². The van der Waals surface area contributed by atoms with E-state index in [9.17, 15) is 0 Å². The van der Waals surface area contributed by atoms with E-state index in [0.717, 1.165) is 31.2 Å². The summed E-state index contributed by atoms with van der Waals surface area (Å²) in [6.45, 7) is 0. The Kier molecular flexibility index (Phi) is 4.06. The Bertz CT molecular complexity index is 831. The fraction of sp³-hybridized carbons (Fsp3) is 0. The van der Waals surface area contributed by atoms with Crippen molar-refractivity contribution in [2.24, 2.45) is 0 Å². The van der Waals surface area contributed by atoms with Crippen LogP contribution in [0, 0.1) is 0 Å². The van der Waals surface area contributed by atoms with Crippen LogP contribution in [0.4, 0.5) is 17.1 Å². The number of nitrogens with two attached hydrogens (primary N) is 1. The van der Waals surface area contributed by atoms with E-state index in [1.807, 2.05) is 36.4 Å². The number of rotatable bonds is 2. The standard InChI is InChI=1S/C15H10Br2ClN3/c16-8-1-4-13-10(5-8)15(12(19)7-20-13)21-14-6-9(18)2-3-11(14)17/h1-7H,19H2,(H,20,21). The minimum Gasteiger partial charge on any atom is -0.396 e.